The van der Waals surface area contributed by atoms with Crippen LogP contribution in [0.2, 0.25) is 5.02 Å². The second-order valence-electron chi connectivity index (χ2n) is 4.76. The Hall–Kier alpha value is -2.19. The lowest BCUT2D eigenvalue weighted by Crippen LogP contribution is -2.11. The number of fused-ring (bicyclic) bond motifs is 1. The summed E-state index contributed by atoms with van der Waals surface area (Å²) in [5.41, 5.74) is 1.00. The van der Waals surface area contributed by atoms with Gasteiger partial charge in [-0.1, -0.05) is 54.1 Å². The zero-order valence-corrected chi connectivity index (χ0v) is 12.3. The van der Waals surface area contributed by atoms with Crippen LogP contribution in [-0.2, 0) is 0 Å². The minimum absolute atomic E-state index is 0.598. The predicted molar refractivity (Wildman–Crippen MR) is 89.4 cm³/mol. The van der Waals surface area contributed by atoms with Crippen molar-refractivity contribution in [1.29, 1.82) is 0 Å². The molecule has 3 aromatic carbocycles. The molecule has 0 aliphatic rings. The third-order valence-electron chi connectivity index (χ3n) is 3.26. The molecule has 21 heavy (non-hydrogen) atoms. The topological polar surface area (TPSA) is 21.3 Å². The molecule has 0 aromatic heterocycles. The normalized spacial score (nSPS) is 10.5. The second-order valence-corrected chi connectivity index (χ2v) is 5.20. The van der Waals surface area contributed by atoms with E-state index >= 15 is 0 Å². The zero-order valence-electron chi connectivity index (χ0n) is 11.6. The van der Waals surface area contributed by atoms with Crippen molar-refractivity contribution >= 4 is 28.1 Å². The monoisotopic (exact) mass is 297 g/mol. The van der Waals surface area contributed by atoms with E-state index in [4.69, 9.17) is 16.3 Å². The molecule has 0 aliphatic carbocycles. The lowest BCUT2D eigenvalue weighted by Gasteiger charge is -2.11. The van der Waals surface area contributed by atoms with Crippen molar-refractivity contribution in [3.05, 3.63) is 71.8 Å². The van der Waals surface area contributed by atoms with E-state index in [1.807, 2.05) is 48.5 Å². The van der Waals surface area contributed by atoms with Gasteiger partial charge in [0.2, 0.25) is 0 Å². The van der Waals surface area contributed by atoms with E-state index < -0.39 is 0 Å². The van der Waals surface area contributed by atoms with E-state index in [2.05, 4.69) is 23.5 Å². The Kier molecular flexibility index (Phi) is 4.27. The highest BCUT2D eigenvalue weighted by Crippen LogP contribution is 2.25. The molecule has 0 amide bonds. The van der Waals surface area contributed by atoms with Crippen LogP contribution in [0, 0.1) is 0 Å². The Morgan fingerprint density at radius 3 is 2.62 bits per heavy atom. The first-order valence-corrected chi connectivity index (χ1v) is 7.31. The van der Waals surface area contributed by atoms with Crippen LogP contribution >= 0.6 is 11.6 Å². The minimum Gasteiger partial charge on any atom is -0.491 e. The van der Waals surface area contributed by atoms with Gasteiger partial charge in [0.05, 0.1) is 0 Å². The number of hydrogen-bond acceptors (Lipinski definition) is 2. The fourth-order valence-electron chi connectivity index (χ4n) is 2.28. The maximum Gasteiger partial charge on any atom is 0.127 e. The molecule has 0 saturated heterocycles. The summed E-state index contributed by atoms with van der Waals surface area (Å²) in [4.78, 5) is 0. The second kappa shape index (κ2) is 6.51. The molecule has 1 N–H and O–H groups in total. The van der Waals surface area contributed by atoms with Crippen LogP contribution in [0.4, 0.5) is 5.69 Å². The van der Waals surface area contributed by atoms with Gasteiger partial charge in [-0.2, -0.15) is 0 Å². The third kappa shape index (κ3) is 3.47. The first-order valence-electron chi connectivity index (χ1n) is 6.93. The van der Waals surface area contributed by atoms with E-state index in [0.717, 1.165) is 28.4 Å². The minimum atomic E-state index is 0.598. The number of ether oxygens (including phenoxy) is 1. The molecular weight excluding hydrogens is 282 g/mol. The van der Waals surface area contributed by atoms with Crippen molar-refractivity contribution in [1.82, 2.24) is 0 Å². The van der Waals surface area contributed by atoms with Crippen molar-refractivity contribution in [3.63, 3.8) is 0 Å². The molecule has 0 unspecified atom stereocenters. The van der Waals surface area contributed by atoms with Crippen LogP contribution in [0.1, 0.15) is 0 Å². The van der Waals surface area contributed by atoms with Gasteiger partial charge in [-0.15, -0.1) is 0 Å². The lowest BCUT2D eigenvalue weighted by atomic mass is 10.1. The first-order chi connectivity index (χ1) is 10.3. The van der Waals surface area contributed by atoms with Gasteiger partial charge in [0.1, 0.15) is 12.4 Å². The van der Waals surface area contributed by atoms with Gasteiger partial charge in [-0.25, -0.2) is 0 Å². The maximum absolute atomic E-state index is 5.95. The molecule has 0 radical (unpaired) electrons. The quantitative estimate of drug-likeness (QED) is 0.670. The number of hydrogen-bond donors (Lipinski definition) is 1. The van der Waals surface area contributed by atoms with Gasteiger partial charge in [0, 0.05) is 22.6 Å². The van der Waals surface area contributed by atoms with Crippen molar-refractivity contribution in [2.75, 3.05) is 18.5 Å². The summed E-state index contributed by atoms with van der Waals surface area (Å²) in [7, 11) is 0. The molecule has 0 saturated carbocycles. The smallest absolute Gasteiger partial charge is 0.127 e. The summed E-state index contributed by atoms with van der Waals surface area (Å²) in [5.74, 6) is 0.918. The Morgan fingerprint density at radius 2 is 1.71 bits per heavy atom. The summed E-state index contributed by atoms with van der Waals surface area (Å²) in [6.45, 7) is 1.32. The van der Waals surface area contributed by atoms with Gasteiger partial charge in [0.15, 0.2) is 0 Å². The SMILES string of the molecule is Clc1cccc(NCCOc2cccc3ccccc23)c1. The third-order valence-corrected chi connectivity index (χ3v) is 3.50. The average Bonchev–Trinajstić information content (AvgIpc) is 2.52. The molecule has 3 aromatic rings. The highest BCUT2D eigenvalue weighted by molar-refractivity contribution is 6.30. The molecule has 2 nitrogen and oxygen atoms in total. The largest absolute Gasteiger partial charge is 0.491 e. The Balaban J connectivity index is 1.60. The highest BCUT2D eigenvalue weighted by Gasteiger charge is 2.00. The number of benzene rings is 3. The number of anilines is 1. The fraction of sp³-hybridized carbons (Fsp3) is 0.111. The van der Waals surface area contributed by atoms with Gasteiger partial charge >= 0.3 is 0 Å². The van der Waals surface area contributed by atoms with Gasteiger partial charge in [0.25, 0.3) is 0 Å². The Labute approximate surface area is 129 Å². The summed E-state index contributed by atoms with van der Waals surface area (Å²) in [6.07, 6.45) is 0. The molecule has 0 spiro atoms. The number of rotatable bonds is 5. The first kappa shape index (κ1) is 13.8. The summed E-state index contributed by atoms with van der Waals surface area (Å²) in [5, 5.41) is 6.36. The summed E-state index contributed by atoms with van der Waals surface area (Å²) in [6, 6.07) is 22.0. The van der Waals surface area contributed by atoms with Crippen molar-refractivity contribution in [2.24, 2.45) is 0 Å². The summed E-state index contributed by atoms with van der Waals surface area (Å²) < 4.78 is 5.88. The van der Waals surface area contributed by atoms with Crippen LogP contribution in [0.3, 0.4) is 0 Å². The van der Waals surface area contributed by atoms with Crippen molar-refractivity contribution < 1.29 is 4.74 Å². The van der Waals surface area contributed by atoms with E-state index in [1.54, 1.807) is 0 Å². The van der Waals surface area contributed by atoms with E-state index in [1.165, 1.54) is 5.39 Å². The molecule has 0 atom stereocenters. The van der Waals surface area contributed by atoms with Gasteiger partial charge in [-0.05, 0) is 29.7 Å². The standard InChI is InChI=1S/C18H16ClNO/c19-15-7-4-8-16(13-15)20-11-12-21-18-10-3-6-14-5-1-2-9-17(14)18/h1-10,13,20H,11-12H2. The summed E-state index contributed by atoms with van der Waals surface area (Å²) >= 11 is 5.95. The van der Waals surface area contributed by atoms with Crippen LogP contribution in [0.15, 0.2) is 66.7 Å². The molecular formula is C18H16ClNO. The zero-order chi connectivity index (χ0) is 14.5. The highest BCUT2D eigenvalue weighted by atomic mass is 35.5. The van der Waals surface area contributed by atoms with E-state index in [9.17, 15) is 0 Å². The average molecular weight is 298 g/mol. The predicted octanol–water partition coefficient (Wildman–Crippen LogP) is 4.98. The van der Waals surface area contributed by atoms with Crippen molar-refractivity contribution in [2.45, 2.75) is 0 Å². The molecule has 106 valence electrons. The van der Waals surface area contributed by atoms with Crippen LogP contribution in [-0.4, -0.2) is 13.2 Å². The molecule has 0 bridgehead atoms. The molecule has 0 aliphatic heterocycles. The van der Waals surface area contributed by atoms with Crippen LogP contribution in [0.25, 0.3) is 10.8 Å². The van der Waals surface area contributed by atoms with Gasteiger partial charge in [-0.3, -0.25) is 0 Å². The molecule has 0 fully saturated rings. The van der Waals surface area contributed by atoms with E-state index in [0.29, 0.717) is 6.61 Å². The lowest BCUT2D eigenvalue weighted by molar-refractivity contribution is 0.337. The molecule has 3 rings (SSSR count). The fourth-order valence-corrected chi connectivity index (χ4v) is 2.47. The number of halogens is 1. The van der Waals surface area contributed by atoms with Crippen molar-refractivity contribution in [3.8, 4) is 5.75 Å². The Bertz CT molecular complexity index is 737. The van der Waals surface area contributed by atoms with Crippen LogP contribution < -0.4 is 10.1 Å². The number of nitrogens with one attached hydrogen (secondary N) is 1. The Morgan fingerprint density at radius 1 is 0.905 bits per heavy atom. The van der Waals surface area contributed by atoms with E-state index in [-0.39, 0.29) is 0 Å². The molecule has 3 heteroatoms. The maximum atomic E-state index is 5.95. The molecule has 0 heterocycles. The van der Waals surface area contributed by atoms with Crippen LogP contribution in [0.5, 0.6) is 5.75 Å². The van der Waals surface area contributed by atoms with Gasteiger partial charge < -0.3 is 10.1 Å².